The van der Waals surface area contributed by atoms with Gasteiger partial charge in [0.2, 0.25) is 5.91 Å². The lowest BCUT2D eigenvalue weighted by Gasteiger charge is -2.34. The number of ether oxygens (including phenoxy) is 2. The van der Waals surface area contributed by atoms with E-state index in [4.69, 9.17) is 13.9 Å². The van der Waals surface area contributed by atoms with Crippen LogP contribution in [0.4, 0.5) is 0 Å². The van der Waals surface area contributed by atoms with E-state index in [0.29, 0.717) is 56.1 Å². The third kappa shape index (κ3) is 4.61. The van der Waals surface area contributed by atoms with Crippen molar-refractivity contribution in [1.29, 1.82) is 0 Å². The average molecular weight is 372 g/mol. The van der Waals surface area contributed by atoms with Crippen LogP contribution in [-0.2, 0) is 11.2 Å². The Labute approximate surface area is 158 Å². The van der Waals surface area contributed by atoms with E-state index < -0.39 is 0 Å². The summed E-state index contributed by atoms with van der Waals surface area (Å²) in [6.07, 6.45) is 3.95. The molecule has 1 aromatic carbocycles. The molecular formula is C20H24N2O5. The van der Waals surface area contributed by atoms with Crippen LogP contribution in [0.15, 0.2) is 41.2 Å². The zero-order chi connectivity index (χ0) is 19.2. The highest BCUT2D eigenvalue weighted by molar-refractivity contribution is 5.94. The number of piperazine rings is 1. The largest absolute Gasteiger partial charge is 0.497 e. The van der Waals surface area contributed by atoms with Crippen molar-refractivity contribution in [2.75, 3.05) is 40.4 Å². The van der Waals surface area contributed by atoms with Gasteiger partial charge in [0.15, 0.2) is 0 Å². The first-order valence-electron chi connectivity index (χ1n) is 8.92. The maximum atomic E-state index is 12.5. The van der Waals surface area contributed by atoms with E-state index in [1.807, 2.05) is 23.1 Å². The minimum Gasteiger partial charge on any atom is -0.497 e. The molecule has 3 rings (SSSR count). The van der Waals surface area contributed by atoms with E-state index in [9.17, 15) is 9.59 Å². The number of benzene rings is 1. The lowest BCUT2D eigenvalue weighted by atomic mass is 10.1. The topological polar surface area (TPSA) is 72.2 Å². The Hall–Kier alpha value is -2.96. The first-order valence-corrected chi connectivity index (χ1v) is 8.92. The molecule has 1 aliphatic rings. The molecule has 0 aliphatic carbocycles. The summed E-state index contributed by atoms with van der Waals surface area (Å²) >= 11 is 0. The molecule has 0 bridgehead atoms. The van der Waals surface area contributed by atoms with Crippen molar-refractivity contribution in [3.05, 3.63) is 47.9 Å². The summed E-state index contributed by atoms with van der Waals surface area (Å²) < 4.78 is 15.5. The van der Waals surface area contributed by atoms with E-state index in [2.05, 4.69) is 0 Å². The fourth-order valence-electron chi connectivity index (χ4n) is 3.15. The lowest BCUT2D eigenvalue weighted by Crippen LogP contribution is -2.50. The summed E-state index contributed by atoms with van der Waals surface area (Å²) in [5.74, 6) is 1.46. The summed E-state index contributed by atoms with van der Waals surface area (Å²) in [4.78, 5) is 28.4. The van der Waals surface area contributed by atoms with Gasteiger partial charge in [0.25, 0.3) is 5.91 Å². The quantitative estimate of drug-likeness (QED) is 0.777. The van der Waals surface area contributed by atoms with Gasteiger partial charge in [-0.2, -0.15) is 0 Å². The molecule has 0 radical (unpaired) electrons. The van der Waals surface area contributed by atoms with Crippen molar-refractivity contribution in [3.8, 4) is 11.5 Å². The normalized spacial score (nSPS) is 14.1. The van der Waals surface area contributed by atoms with Gasteiger partial charge in [-0.05, 0) is 30.2 Å². The summed E-state index contributed by atoms with van der Waals surface area (Å²) in [5, 5.41) is 0. The highest BCUT2D eigenvalue weighted by Gasteiger charge is 2.25. The maximum Gasteiger partial charge on any atom is 0.257 e. The number of hydrogen-bond acceptors (Lipinski definition) is 5. The molecule has 2 amide bonds. The van der Waals surface area contributed by atoms with E-state index in [-0.39, 0.29) is 11.8 Å². The van der Waals surface area contributed by atoms with E-state index in [1.54, 1.807) is 25.2 Å². The molecule has 0 unspecified atom stereocenters. The van der Waals surface area contributed by atoms with E-state index in [1.165, 1.54) is 12.5 Å². The molecule has 1 fully saturated rings. The molecule has 0 atom stereocenters. The maximum absolute atomic E-state index is 12.5. The number of carbonyl (C=O) groups excluding carboxylic acids is 2. The Kier molecular flexibility index (Phi) is 6.01. The molecule has 2 heterocycles. The van der Waals surface area contributed by atoms with Gasteiger partial charge in [0, 0.05) is 38.7 Å². The van der Waals surface area contributed by atoms with Crippen LogP contribution in [0.2, 0.25) is 0 Å². The SMILES string of the molecule is COc1cc(CCC(=O)N2CCN(C(=O)c3ccoc3)CC2)cc(OC)c1. The second-order valence-electron chi connectivity index (χ2n) is 6.41. The van der Waals surface area contributed by atoms with Gasteiger partial charge < -0.3 is 23.7 Å². The lowest BCUT2D eigenvalue weighted by molar-refractivity contribution is -0.132. The third-order valence-electron chi connectivity index (χ3n) is 4.73. The number of carbonyl (C=O) groups is 2. The van der Waals surface area contributed by atoms with E-state index in [0.717, 1.165) is 5.56 Å². The molecule has 144 valence electrons. The van der Waals surface area contributed by atoms with Gasteiger partial charge >= 0.3 is 0 Å². The molecule has 7 nitrogen and oxygen atoms in total. The van der Waals surface area contributed by atoms with Crippen LogP contribution in [0, 0.1) is 0 Å². The van der Waals surface area contributed by atoms with Gasteiger partial charge in [-0.3, -0.25) is 9.59 Å². The molecule has 1 aliphatic heterocycles. The Morgan fingerprint density at radius 1 is 1.00 bits per heavy atom. The number of methoxy groups -OCH3 is 2. The van der Waals surface area contributed by atoms with Gasteiger partial charge in [-0.25, -0.2) is 0 Å². The van der Waals surface area contributed by atoms with Gasteiger partial charge in [-0.15, -0.1) is 0 Å². The van der Waals surface area contributed by atoms with Crippen LogP contribution >= 0.6 is 0 Å². The number of amides is 2. The van der Waals surface area contributed by atoms with E-state index >= 15 is 0 Å². The minimum absolute atomic E-state index is 0.0562. The molecule has 27 heavy (non-hydrogen) atoms. The predicted molar refractivity (Wildman–Crippen MR) is 99.1 cm³/mol. The monoisotopic (exact) mass is 372 g/mol. The Morgan fingerprint density at radius 3 is 2.19 bits per heavy atom. The summed E-state index contributed by atoms with van der Waals surface area (Å²) in [6.45, 7) is 2.15. The standard InChI is InChI=1S/C20H24N2O5/c1-25-17-11-15(12-18(13-17)26-2)3-4-19(23)21-6-8-22(9-7-21)20(24)16-5-10-27-14-16/h5,10-14H,3-4,6-9H2,1-2H3. The van der Waals surface area contributed by atoms with Gasteiger partial charge in [0.05, 0.1) is 26.0 Å². The van der Waals surface area contributed by atoms with Crippen LogP contribution in [0.25, 0.3) is 0 Å². The van der Waals surface area contributed by atoms with Crippen molar-refractivity contribution in [2.45, 2.75) is 12.8 Å². The van der Waals surface area contributed by atoms with Gasteiger partial charge in [0.1, 0.15) is 17.8 Å². The number of rotatable bonds is 6. The van der Waals surface area contributed by atoms with Crippen molar-refractivity contribution < 1.29 is 23.5 Å². The fraction of sp³-hybridized carbons (Fsp3) is 0.400. The second-order valence-corrected chi connectivity index (χ2v) is 6.41. The number of nitrogens with zero attached hydrogens (tertiary/aromatic N) is 2. The Balaban J connectivity index is 1.50. The molecule has 0 N–H and O–H groups in total. The summed E-state index contributed by atoms with van der Waals surface area (Å²) in [6, 6.07) is 7.29. The van der Waals surface area contributed by atoms with Crippen LogP contribution < -0.4 is 9.47 Å². The van der Waals surface area contributed by atoms with Crippen LogP contribution in [-0.4, -0.2) is 62.0 Å². The molecule has 0 saturated carbocycles. The molecule has 2 aromatic rings. The van der Waals surface area contributed by atoms with Gasteiger partial charge in [-0.1, -0.05) is 0 Å². The van der Waals surface area contributed by atoms with Crippen molar-refractivity contribution in [3.63, 3.8) is 0 Å². The molecule has 0 spiro atoms. The minimum atomic E-state index is -0.0562. The van der Waals surface area contributed by atoms with Crippen molar-refractivity contribution in [2.24, 2.45) is 0 Å². The zero-order valence-corrected chi connectivity index (χ0v) is 15.6. The second kappa shape index (κ2) is 8.62. The Bertz CT molecular complexity index is 757. The Morgan fingerprint density at radius 2 is 1.63 bits per heavy atom. The number of furan rings is 1. The summed E-state index contributed by atoms with van der Waals surface area (Å²) in [7, 11) is 3.21. The first-order chi connectivity index (χ1) is 13.1. The molecular weight excluding hydrogens is 348 g/mol. The molecule has 1 saturated heterocycles. The molecule has 7 heteroatoms. The summed E-state index contributed by atoms with van der Waals surface area (Å²) in [5.41, 5.74) is 1.54. The molecule has 1 aromatic heterocycles. The smallest absolute Gasteiger partial charge is 0.257 e. The average Bonchev–Trinajstić information content (AvgIpc) is 3.26. The first kappa shape index (κ1) is 18.8. The highest BCUT2D eigenvalue weighted by atomic mass is 16.5. The van der Waals surface area contributed by atoms with Crippen LogP contribution in [0.1, 0.15) is 22.3 Å². The van der Waals surface area contributed by atoms with Crippen molar-refractivity contribution >= 4 is 11.8 Å². The van der Waals surface area contributed by atoms with Crippen LogP contribution in [0.3, 0.4) is 0 Å². The number of aryl methyl sites for hydroxylation is 1. The zero-order valence-electron chi connectivity index (χ0n) is 15.6. The van der Waals surface area contributed by atoms with Crippen molar-refractivity contribution in [1.82, 2.24) is 9.80 Å². The predicted octanol–water partition coefficient (Wildman–Crippen LogP) is 2.21. The van der Waals surface area contributed by atoms with Crippen LogP contribution in [0.5, 0.6) is 11.5 Å². The third-order valence-corrected chi connectivity index (χ3v) is 4.73. The number of hydrogen-bond donors (Lipinski definition) is 0. The fourth-order valence-corrected chi connectivity index (χ4v) is 3.15. The highest BCUT2D eigenvalue weighted by Crippen LogP contribution is 2.23.